The molecule has 0 aliphatic heterocycles. The molecule has 106 valence electrons. The van der Waals surface area contributed by atoms with Gasteiger partial charge in [-0.2, -0.15) is 0 Å². The van der Waals surface area contributed by atoms with Crippen molar-refractivity contribution in [2.75, 3.05) is 0 Å². The monoisotopic (exact) mass is 264 g/mol. The second-order valence-electron chi connectivity index (χ2n) is 5.10. The molecular weight excluding hydrogens is 240 g/mol. The molecule has 1 aromatic rings. The predicted octanol–water partition coefficient (Wildman–Crippen LogP) is 2.66. The molecule has 0 spiro atoms. The van der Waals surface area contributed by atoms with Crippen LogP contribution in [0.3, 0.4) is 0 Å². The van der Waals surface area contributed by atoms with Gasteiger partial charge in [0.2, 0.25) is 0 Å². The molecule has 4 nitrogen and oxygen atoms in total. The molecule has 4 heteroatoms. The lowest BCUT2D eigenvalue weighted by atomic mass is 10.0. The van der Waals surface area contributed by atoms with Crippen LogP contribution in [0, 0.1) is 6.92 Å². The standard InChI is InChI=1S/C15H24N2O2/c1-5-6-13(15(18)17-16)19-14-9-11(4)7-8-12(14)10(2)3/h7-10,13H,5-6,16H2,1-4H3,(H,17,18). The van der Waals surface area contributed by atoms with E-state index in [9.17, 15) is 4.79 Å². The first kappa shape index (κ1) is 15.5. The lowest BCUT2D eigenvalue weighted by Gasteiger charge is -2.21. The Labute approximate surface area is 115 Å². The number of carbonyl (C=O) groups is 1. The van der Waals surface area contributed by atoms with E-state index < -0.39 is 6.10 Å². The van der Waals surface area contributed by atoms with E-state index in [1.165, 1.54) is 0 Å². The highest BCUT2D eigenvalue weighted by Gasteiger charge is 2.20. The van der Waals surface area contributed by atoms with Gasteiger partial charge >= 0.3 is 0 Å². The number of amides is 1. The third kappa shape index (κ3) is 4.24. The summed E-state index contributed by atoms with van der Waals surface area (Å²) >= 11 is 0. The van der Waals surface area contributed by atoms with Crippen molar-refractivity contribution in [2.24, 2.45) is 5.84 Å². The number of hydrogen-bond acceptors (Lipinski definition) is 3. The first-order chi connectivity index (χ1) is 8.99. The largest absolute Gasteiger partial charge is 0.480 e. The molecule has 3 N–H and O–H groups in total. The number of benzene rings is 1. The normalized spacial score (nSPS) is 12.3. The van der Waals surface area contributed by atoms with Crippen LogP contribution in [0.2, 0.25) is 0 Å². The van der Waals surface area contributed by atoms with Crippen molar-refractivity contribution in [3.05, 3.63) is 29.3 Å². The molecule has 0 saturated carbocycles. The quantitative estimate of drug-likeness (QED) is 0.471. The Morgan fingerprint density at radius 1 is 1.42 bits per heavy atom. The molecule has 1 rings (SSSR count). The van der Waals surface area contributed by atoms with Crippen molar-refractivity contribution < 1.29 is 9.53 Å². The van der Waals surface area contributed by atoms with Crippen LogP contribution in [0.1, 0.15) is 50.7 Å². The summed E-state index contributed by atoms with van der Waals surface area (Å²) < 4.78 is 5.89. The molecule has 19 heavy (non-hydrogen) atoms. The van der Waals surface area contributed by atoms with Gasteiger partial charge in [-0.25, -0.2) is 5.84 Å². The maximum absolute atomic E-state index is 11.7. The van der Waals surface area contributed by atoms with Crippen molar-refractivity contribution >= 4 is 5.91 Å². The number of ether oxygens (including phenoxy) is 1. The van der Waals surface area contributed by atoms with E-state index in [-0.39, 0.29) is 5.91 Å². The van der Waals surface area contributed by atoms with Crippen LogP contribution in [-0.4, -0.2) is 12.0 Å². The average molecular weight is 264 g/mol. The Morgan fingerprint density at radius 2 is 2.11 bits per heavy atom. The molecule has 0 aromatic heterocycles. The zero-order valence-electron chi connectivity index (χ0n) is 12.2. The number of hydrogen-bond donors (Lipinski definition) is 2. The molecular formula is C15H24N2O2. The summed E-state index contributed by atoms with van der Waals surface area (Å²) in [5, 5.41) is 0. The van der Waals surface area contributed by atoms with Crippen molar-refractivity contribution in [2.45, 2.75) is 52.6 Å². The minimum absolute atomic E-state index is 0.280. The Balaban J connectivity index is 3.00. The van der Waals surface area contributed by atoms with E-state index in [1.807, 2.05) is 19.9 Å². The third-order valence-corrected chi connectivity index (χ3v) is 3.05. The molecule has 1 amide bonds. The number of nitrogens with two attached hydrogens (primary N) is 1. The number of carbonyl (C=O) groups excluding carboxylic acids is 1. The fraction of sp³-hybridized carbons (Fsp3) is 0.533. The van der Waals surface area contributed by atoms with Gasteiger partial charge in [0.25, 0.3) is 5.91 Å². The van der Waals surface area contributed by atoms with E-state index in [4.69, 9.17) is 10.6 Å². The smallest absolute Gasteiger partial charge is 0.274 e. The van der Waals surface area contributed by atoms with Gasteiger partial charge < -0.3 is 4.74 Å². The SMILES string of the molecule is CCCC(Oc1cc(C)ccc1C(C)C)C(=O)NN. The Kier molecular flexibility index (Phi) is 5.83. The lowest BCUT2D eigenvalue weighted by molar-refractivity contribution is -0.128. The van der Waals surface area contributed by atoms with Gasteiger partial charge in [0, 0.05) is 0 Å². The Morgan fingerprint density at radius 3 is 2.63 bits per heavy atom. The molecule has 1 aromatic carbocycles. The molecule has 0 fully saturated rings. The van der Waals surface area contributed by atoms with Crippen LogP contribution in [0.25, 0.3) is 0 Å². The minimum Gasteiger partial charge on any atom is -0.480 e. The predicted molar refractivity (Wildman–Crippen MR) is 76.9 cm³/mol. The highest BCUT2D eigenvalue weighted by atomic mass is 16.5. The van der Waals surface area contributed by atoms with Gasteiger partial charge in [0.05, 0.1) is 0 Å². The molecule has 0 aliphatic carbocycles. The Bertz CT molecular complexity index is 430. The molecule has 0 saturated heterocycles. The summed E-state index contributed by atoms with van der Waals surface area (Å²) in [6, 6.07) is 6.08. The maximum Gasteiger partial charge on any atom is 0.274 e. The molecule has 1 atom stereocenters. The summed E-state index contributed by atoms with van der Waals surface area (Å²) in [5.41, 5.74) is 4.39. The highest BCUT2D eigenvalue weighted by Crippen LogP contribution is 2.28. The van der Waals surface area contributed by atoms with E-state index in [0.29, 0.717) is 12.3 Å². The summed E-state index contributed by atoms with van der Waals surface area (Å²) in [4.78, 5) is 11.7. The van der Waals surface area contributed by atoms with Crippen molar-refractivity contribution in [3.63, 3.8) is 0 Å². The lowest BCUT2D eigenvalue weighted by Crippen LogP contribution is -2.42. The second kappa shape index (κ2) is 7.14. The van der Waals surface area contributed by atoms with Crippen LogP contribution in [-0.2, 0) is 4.79 Å². The van der Waals surface area contributed by atoms with Gasteiger partial charge in [0.15, 0.2) is 6.10 Å². The molecule has 1 unspecified atom stereocenters. The van der Waals surface area contributed by atoms with Crippen LogP contribution >= 0.6 is 0 Å². The van der Waals surface area contributed by atoms with Crippen molar-refractivity contribution in [1.82, 2.24) is 5.43 Å². The van der Waals surface area contributed by atoms with E-state index in [1.54, 1.807) is 0 Å². The van der Waals surface area contributed by atoms with Gasteiger partial charge in [-0.15, -0.1) is 0 Å². The third-order valence-electron chi connectivity index (χ3n) is 3.05. The molecule has 0 heterocycles. The average Bonchev–Trinajstić information content (AvgIpc) is 2.37. The number of rotatable bonds is 6. The van der Waals surface area contributed by atoms with Crippen molar-refractivity contribution in [1.29, 1.82) is 0 Å². The fourth-order valence-electron chi connectivity index (χ4n) is 1.97. The van der Waals surface area contributed by atoms with E-state index >= 15 is 0 Å². The van der Waals surface area contributed by atoms with Crippen LogP contribution in [0.15, 0.2) is 18.2 Å². The van der Waals surface area contributed by atoms with E-state index in [2.05, 4.69) is 31.4 Å². The van der Waals surface area contributed by atoms with Gasteiger partial charge in [-0.1, -0.05) is 39.3 Å². The fourth-order valence-corrected chi connectivity index (χ4v) is 1.97. The zero-order chi connectivity index (χ0) is 14.4. The molecule has 0 radical (unpaired) electrons. The second-order valence-corrected chi connectivity index (χ2v) is 5.10. The summed E-state index contributed by atoms with van der Waals surface area (Å²) in [6.07, 6.45) is 0.976. The number of hydrazine groups is 1. The summed E-state index contributed by atoms with van der Waals surface area (Å²) in [5.74, 6) is 6.05. The van der Waals surface area contributed by atoms with Crippen LogP contribution < -0.4 is 16.0 Å². The van der Waals surface area contributed by atoms with Crippen molar-refractivity contribution in [3.8, 4) is 5.75 Å². The maximum atomic E-state index is 11.7. The van der Waals surface area contributed by atoms with Gasteiger partial charge in [-0.3, -0.25) is 10.2 Å². The highest BCUT2D eigenvalue weighted by molar-refractivity contribution is 5.80. The number of aryl methyl sites for hydroxylation is 1. The molecule has 0 bridgehead atoms. The number of nitrogens with one attached hydrogen (secondary N) is 1. The zero-order valence-corrected chi connectivity index (χ0v) is 12.2. The Hall–Kier alpha value is -1.55. The first-order valence-corrected chi connectivity index (χ1v) is 6.77. The van der Waals surface area contributed by atoms with Gasteiger partial charge in [0.1, 0.15) is 5.75 Å². The first-order valence-electron chi connectivity index (χ1n) is 6.77. The summed E-state index contributed by atoms with van der Waals surface area (Å²) in [7, 11) is 0. The summed E-state index contributed by atoms with van der Waals surface area (Å²) in [6.45, 7) is 8.24. The molecule has 0 aliphatic rings. The van der Waals surface area contributed by atoms with Gasteiger partial charge in [-0.05, 0) is 36.5 Å². The topological polar surface area (TPSA) is 64.3 Å². The van der Waals surface area contributed by atoms with Crippen LogP contribution in [0.4, 0.5) is 0 Å². The van der Waals surface area contributed by atoms with Crippen LogP contribution in [0.5, 0.6) is 5.75 Å². The van der Waals surface area contributed by atoms with E-state index in [0.717, 1.165) is 23.3 Å². The minimum atomic E-state index is -0.533.